The monoisotopic (exact) mass is 529 g/mol. The lowest BCUT2D eigenvalue weighted by Gasteiger charge is -2.29. The maximum Gasteiger partial charge on any atom is 0.276 e. The van der Waals surface area contributed by atoms with Gasteiger partial charge in [0.2, 0.25) is 0 Å². The molecule has 9 nitrogen and oxygen atoms in total. The maximum atomic E-state index is 14.2. The molecule has 3 aromatic heterocycles. The van der Waals surface area contributed by atoms with E-state index >= 15 is 0 Å². The van der Waals surface area contributed by atoms with E-state index in [1.54, 1.807) is 25.3 Å². The molecule has 0 aliphatic carbocycles. The third kappa shape index (κ3) is 5.62. The van der Waals surface area contributed by atoms with Gasteiger partial charge in [-0.2, -0.15) is 5.10 Å². The molecule has 1 aromatic carbocycles. The van der Waals surface area contributed by atoms with Gasteiger partial charge in [0, 0.05) is 55.9 Å². The Morgan fingerprint density at radius 2 is 1.97 bits per heavy atom. The number of pyridine rings is 2. The van der Waals surface area contributed by atoms with E-state index in [0.717, 1.165) is 54.7 Å². The van der Waals surface area contributed by atoms with Crippen LogP contribution < -0.4 is 10.2 Å². The van der Waals surface area contributed by atoms with Gasteiger partial charge in [0.15, 0.2) is 5.69 Å². The number of benzene rings is 1. The lowest BCUT2D eigenvalue weighted by Crippen LogP contribution is -2.35. The van der Waals surface area contributed by atoms with E-state index in [4.69, 9.17) is 0 Å². The molecule has 10 heteroatoms. The Labute approximate surface area is 226 Å². The number of carbonyl (C=O) groups is 1. The third-order valence-electron chi connectivity index (χ3n) is 7.62. The van der Waals surface area contributed by atoms with Gasteiger partial charge in [-0.3, -0.25) is 19.8 Å². The predicted molar refractivity (Wildman–Crippen MR) is 148 cm³/mol. The van der Waals surface area contributed by atoms with Crippen molar-refractivity contribution in [3.63, 3.8) is 0 Å². The van der Waals surface area contributed by atoms with Crippen molar-refractivity contribution < 1.29 is 14.3 Å². The second-order valence-electron chi connectivity index (χ2n) is 10.9. The summed E-state index contributed by atoms with van der Waals surface area (Å²) in [6.07, 6.45) is 7.16. The van der Waals surface area contributed by atoms with Crippen molar-refractivity contribution in [2.45, 2.75) is 44.5 Å². The molecule has 3 N–H and O–H groups in total. The molecule has 6 rings (SSSR count). The maximum absolute atomic E-state index is 14.2. The number of alkyl halides is 1. The summed E-state index contributed by atoms with van der Waals surface area (Å²) in [5.41, 5.74) is 3.40. The van der Waals surface area contributed by atoms with E-state index in [1.165, 1.54) is 0 Å². The van der Waals surface area contributed by atoms with Crippen LogP contribution in [0.4, 0.5) is 15.9 Å². The SMILES string of the molecule is CC1(F)CCN(c2ccc(NC(=O)c3n[nH]c4ccc(-c5cncc(CN6CCC(O)CC6)c5)cc34)cn2)C1. The number of H-pyrrole nitrogens is 1. The molecule has 2 fully saturated rings. The first-order chi connectivity index (χ1) is 18.8. The fourth-order valence-electron chi connectivity index (χ4n) is 5.39. The van der Waals surface area contributed by atoms with Crippen LogP contribution in [0.25, 0.3) is 22.0 Å². The number of nitrogens with zero attached hydrogens (tertiary/aromatic N) is 5. The number of fused-ring (bicyclic) bond motifs is 1. The Bertz CT molecular complexity index is 1480. The number of carbonyl (C=O) groups excluding carboxylic acids is 1. The summed E-state index contributed by atoms with van der Waals surface area (Å²) in [5.74, 6) is 0.350. The van der Waals surface area contributed by atoms with E-state index < -0.39 is 5.67 Å². The highest BCUT2D eigenvalue weighted by Crippen LogP contribution is 2.29. The third-order valence-corrected chi connectivity index (χ3v) is 7.62. The average Bonchev–Trinajstić information content (AvgIpc) is 3.53. The number of aliphatic hydroxyl groups excluding tert-OH is 1. The number of aromatic amines is 1. The number of anilines is 2. The molecule has 0 spiro atoms. The number of hydrogen-bond donors (Lipinski definition) is 3. The van der Waals surface area contributed by atoms with Gasteiger partial charge in [-0.1, -0.05) is 6.07 Å². The number of nitrogens with one attached hydrogen (secondary N) is 2. The largest absolute Gasteiger partial charge is 0.393 e. The van der Waals surface area contributed by atoms with E-state index in [1.807, 2.05) is 35.5 Å². The second kappa shape index (κ2) is 10.3. The molecule has 202 valence electrons. The van der Waals surface area contributed by atoms with Crippen LogP contribution in [0, 0.1) is 0 Å². The Morgan fingerprint density at radius 3 is 2.72 bits per heavy atom. The molecule has 2 aliphatic heterocycles. The van der Waals surface area contributed by atoms with Gasteiger partial charge in [-0.25, -0.2) is 9.37 Å². The van der Waals surface area contributed by atoms with Gasteiger partial charge in [0.05, 0.1) is 30.0 Å². The number of aliphatic hydroxyl groups is 1. The van der Waals surface area contributed by atoms with Crippen LogP contribution in [0.3, 0.4) is 0 Å². The molecule has 1 unspecified atom stereocenters. The molecule has 2 saturated heterocycles. The van der Waals surface area contributed by atoms with Crippen molar-refractivity contribution in [3.05, 3.63) is 66.2 Å². The van der Waals surface area contributed by atoms with E-state index in [0.29, 0.717) is 42.1 Å². The summed E-state index contributed by atoms with van der Waals surface area (Å²) >= 11 is 0. The quantitative estimate of drug-likeness (QED) is 0.344. The number of amides is 1. The molecule has 0 saturated carbocycles. The number of likely N-dealkylation sites (tertiary alicyclic amines) is 1. The summed E-state index contributed by atoms with van der Waals surface area (Å²) in [6.45, 7) is 5.07. The zero-order chi connectivity index (χ0) is 27.0. The number of hydrogen-bond acceptors (Lipinski definition) is 7. The highest BCUT2D eigenvalue weighted by Gasteiger charge is 2.34. The number of rotatable bonds is 6. The summed E-state index contributed by atoms with van der Waals surface area (Å²) in [7, 11) is 0. The number of aromatic nitrogens is 4. The van der Waals surface area contributed by atoms with Gasteiger partial charge in [-0.05, 0) is 61.2 Å². The molecule has 5 heterocycles. The summed E-state index contributed by atoms with van der Waals surface area (Å²) in [5, 5.41) is 20.6. The molecule has 4 aromatic rings. The summed E-state index contributed by atoms with van der Waals surface area (Å²) in [6, 6.07) is 11.5. The van der Waals surface area contributed by atoms with Gasteiger partial charge >= 0.3 is 0 Å². The predicted octanol–water partition coefficient (Wildman–Crippen LogP) is 4.17. The van der Waals surface area contributed by atoms with Crippen LogP contribution in [0.2, 0.25) is 0 Å². The van der Waals surface area contributed by atoms with Crippen LogP contribution >= 0.6 is 0 Å². The van der Waals surface area contributed by atoms with Crippen LogP contribution in [0.15, 0.2) is 55.0 Å². The van der Waals surface area contributed by atoms with Crippen molar-refractivity contribution in [2.75, 3.05) is 36.4 Å². The van der Waals surface area contributed by atoms with E-state index in [-0.39, 0.29) is 12.0 Å². The molecular formula is C29H32FN7O2. The Morgan fingerprint density at radius 1 is 1.13 bits per heavy atom. The van der Waals surface area contributed by atoms with Crippen molar-refractivity contribution in [1.29, 1.82) is 0 Å². The fourth-order valence-corrected chi connectivity index (χ4v) is 5.39. The van der Waals surface area contributed by atoms with Crippen LogP contribution in [-0.4, -0.2) is 74.0 Å². The Balaban J connectivity index is 1.17. The van der Waals surface area contributed by atoms with Crippen molar-refractivity contribution in [2.24, 2.45) is 0 Å². The first kappa shape index (κ1) is 25.4. The topological polar surface area (TPSA) is 110 Å². The van der Waals surface area contributed by atoms with Crippen LogP contribution in [0.1, 0.15) is 42.2 Å². The normalized spacial score (nSPS) is 20.5. The standard InChI is InChI=1S/C29H32FN7O2/c1-29(30)8-11-37(18-29)26-5-3-22(16-32-26)33-28(39)27-24-13-20(2-4-25(24)34-35-27)21-12-19(14-31-15-21)17-36-9-6-23(38)7-10-36/h2-5,12-16,23,38H,6-11,17-18H2,1H3,(H,33,39)(H,34,35). The van der Waals surface area contributed by atoms with Crippen LogP contribution in [-0.2, 0) is 6.54 Å². The summed E-state index contributed by atoms with van der Waals surface area (Å²) in [4.78, 5) is 26.3. The minimum absolute atomic E-state index is 0.196. The summed E-state index contributed by atoms with van der Waals surface area (Å²) < 4.78 is 14.2. The lowest BCUT2D eigenvalue weighted by molar-refractivity contribution is 0.0792. The molecule has 2 aliphatic rings. The van der Waals surface area contributed by atoms with Crippen LogP contribution in [0.5, 0.6) is 0 Å². The molecule has 0 radical (unpaired) electrons. The number of halogens is 1. The molecule has 0 bridgehead atoms. The highest BCUT2D eigenvalue weighted by atomic mass is 19.1. The number of piperidine rings is 1. The van der Waals surface area contributed by atoms with Crippen molar-refractivity contribution in [3.8, 4) is 11.1 Å². The first-order valence-corrected chi connectivity index (χ1v) is 13.4. The smallest absolute Gasteiger partial charge is 0.276 e. The first-order valence-electron chi connectivity index (χ1n) is 13.4. The van der Waals surface area contributed by atoms with Gasteiger partial charge < -0.3 is 15.3 Å². The average molecular weight is 530 g/mol. The zero-order valence-corrected chi connectivity index (χ0v) is 21.9. The minimum Gasteiger partial charge on any atom is -0.393 e. The van der Waals surface area contributed by atoms with Crippen molar-refractivity contribution in [1.82, 2.24) is 25.1 Å². The van der Waals surface area contributed by atoms with Gasteiger partial charge in [0.1, 0.15) is 11.5 Å². The second-order valence-corrected chi connectivity index (χ2v) is 10.9. The fraction of sp³-hybridized carbons (Fsp3) is 0.379. The van der Waals surface area contributed by atoms with Gasteiger partial charge in [0.25, 0.3) is 5.91 Å². The highest BCUT2D eigenvalue weighted by molar-refractivity contribution is 6.11. The Hall–Kier alpha value is -3.89. The minimum atomic E-state index is -1.20. The molecular weight excluding hydrogens is 497 g/mol. The van der Waals surface area contributed by atoms with Gasteiger partial charge in [-0.15, -0.1) is 0 Å². The van der Waals surface area contributed by atoms with E-state index in [9.17, 15) is 14.3 Å². The van der Waals surface area contributed by atoms with E-state index in [2.05, 4.69) is 36.4 Å². The molecule has 39 heavy (non-hydrogen) atoms. The Kier molecular flexibility index (Phi) is 6.74. The molecule has 1 atom stereocenters. The zero-order valence-electron chi connectivity index (χ0n) is 21.9. The lowest BCUT2D eigenvalue weighted by atomic mass is 10.0. The molecule has 1 amide bonds. The van der Waals surface area contributed by atoms with Crippen molar-refractivity contribution >= 4 is 28.3 Å².